The number of para-hydroxylation sites is 1. The zero-order valence-electron chi connectivity index (χ0n) is 8.14. The van der Waals surface area contributed by atoms with Crippen LogP contribution in [-0.4, -0.2) is 14.2 Å². The van der Waals surface area contributed by atoms with Crippen molar-refractivity contribution in [3.8, 4) is 5.95 Å². The number of hydrogen-bond acceptors (Lipinski definition) is 4. The van der Waals surface area contributed by atoms with Gasteiger partial charge in [-0.2, -0.15) is 8.42 Å². The van der Waals surface area contributed by atoms with E-state index in [9.17, 15) is 8.42 Å². The van der Waals surface area contributed by atoms with Crippen LogP contribution in [0.5, 0.6) is 5.95 Å². The molecule has 0 unspecified atom stereocenters. The minimum Gasteiger partial charge on any atom is -0.425 e. The van der Waals surface area contributed by atoms with E-state index in [0.29, 0.717) is 5.58 Å². The van der Waals surface area contributed by atoms with Crippen LogP contribution in [0.1, 0.15) is 6.92 Å². The summed E-state index contributed by atoms with van der Waals surface area (Å²) in [5.74, 6) is -0.0672. The first-order chi connectivity index (χ1) is 7.11. The fourth-order valence-electron chi connectivity index (χ4n) is 1.18. The van der Waals surface area contributed by atoms with Crippen molar-refractivity contribution in [2.75, 3.05) is 5.75 Å². The van der Waals surface area contributed by atoms with Gasteiger partial charge in [0.1, 0.15) is 5.58 Å². The molecule has 0 aliphatic heterocycles. The molecule has 0 amide bonds. The zero-order valence-corrected chi connectivity index (χ0v) is 8.95. The van der Waals surface area contributed by atoms with Crippen molar-refractivity contribution in [2.24, 2.45) is 0 Å². The van der Waals surface area contributed by atoms with Crippen molar-refractivity contribution >= 4 is 21.1 Å². The number of rotatable bonds is 3. The minimum atomic E-state index is -3.51. The largest absolute Gasteiger partial charge is 0.425 e. The van der Waals surface area contributed by atoms with E-state index in [1.165, 1.54) is 6.92 Å². The van der Waals surface area contributed by atoms with Crippen molar-refractivity contribution in [3.05, 3.63) is 30.3 Å². The Morgan fingerprint density at radius 3 is 2.73 bits per heavy atom. The van der Waals surface area contributed by atoms with Gasteiger partial charge >= 0.3 is 16.1 Å². The van der Waals surface area contributed by atoms with Crippen molar-refractivity contribution in [3.63, 3.8) is 0 Å². The lowest BCUT2D eigenvalue weighted by molar-refractivity contribution is 0.398. The summed E-state index contributed by atoms with van der Waals surface area (Å²) in [5.41, 5.74) is 0.610. The molecular formula is C10H10O4S. The Bertz CT molecular complexity index is 535. The fourth-order valence-corrected chi connectivity index (χ4v) is 1.63. The predicted octanol–water partition coefficient (Wildman–Crippen LogP) is 2.16. The average Bonchev–Trinajstić information content (AvgIpc) is 2.58. The van der Waals surface area contributed by atoms with E-state index in [1.54, 1.807) is 12.1 Å². The third kappa shape index (κ3) is 2.12. The standard InChI is InChI=1S/C10H10O4S/c1-2-15(11,12)14-10-7-8-5-3-4-6-9(8)13-10/h3-7H,2H2,1H3. The monoisotopic (exact) mass is 226 g/mol. The number of furan rings is 1. The van der Waals surface area contributed by atoms with Gasteiger partial charge in [0.05, 0.1) is 5.75 Å². The molecule has 0 bridgehead atoms. The van der Waals surface area contributed by atoms with E-state index in [2.05, 4.69) is 0 Å². The summed E-state index contributed by atoms with van der Waals surface area (Å²) >= 11 is 0. The van der Waals surface area contributed by atoms with E-state index in [-0.39, 0.29) is 11.7 Å². The average molecular weight is 226 g/mol. The molecule has 1 aromatic heterocycles. The van der Waals surface area contributed by atoms with E-state index < -0.39 is 10.1 Å². The van der Waals surface area contributed by atoms with Crippen molar-refractivity contribution in [1.29, 1.82) is 0 Å². The summed E-state index contributed by atoms with van der Waals surface area (Å²) in [6.45, 7) is 1.51. The van der Waals surface area contributed by atoms with Gasteiger partial charge in [0, 0.05) is 11.5 Å². The number of benzene rings is 1. The smallest absolute Gasteiger partial charge is 0.311 e. The molecule has 0 spiro atoms. The summed E-state index contributed by atoms with van der Waals surface area (Å²) in [6, 6.07) is 8.79. The van der Waals surface area contributed by atoms with Crippen LogP contribution in [0.4, 0.5) is 0 Å². The van der Waals surface area contributed by atoms with E-state index >= 15 is 0 Å². The highest BCUT2D eigenvalue weighted by molar-refractivity contribution is 7.87. The number of hydrogen-bond donors (Lipinski definition) is 0. The molecule has 0 aliphatic rings. The highest BCUT2D eigenvalue weighted by Crippen LogP contribution is 2.25. The van der Waals surface area contributed by atoms with Gasteiger partial charge in [-0.3, -0.25) is 0 Å². The van der Waals surface area contributed by atoms with Gasteiger partial charge in [-0.1, -0.05) is 18.2 Å². The van der Waals surface area contributed by atoms with Crippen LogP contribution in [0, 0.1) is 0 Å². The molecule has 5 heteroatoms. The lowest BCUT2D eigenvalue weighted by atomic mass is 10.3. The van der Waals surface area contributed by atoms with Crippen LogP contribution >= 0.6 is 0 Å². The first kappa shape index (κ1) is 10.0. The minimum absolute atomic E-state index is 0.0121. The lowest BCUT2D eigenvalue weighted by Crippen LogP contribution is -2.10. The topological polar surface area (TPSA) is 56.5 Å². The maximum absolute atomic E-state index is 11.2. The first-order valence-corrected chi connectivity index (χ1v) is 6.09. The summed E-state index contributed by atoms with van der Waals surface area (Å²) in [5, 5.41) is 0.818. The molecule has 2 rings (SSSR count). The van der Waals surface area contributed by atoms with Crippen molar-refractivity contribution in [2.45, 2.75) is 6.92 Å². The Morgan fingerprint density at radius 2 is 2.07 bits per heavy atom. The number of fused-ring (bicyclic) bond motifs is 1. The highest BCUT2D eigenvalue weighted by atomic mass is 32.2. The molecule has 0 saturated heterocycles. The predicted molar refractivity (Wildman–Crippen MR) is 56.3 cm³/mol. The van der Waals surface area contributed by atoms with Gasteiger partial charge in [-0.25, -0.2) is 0 Å². The lowest BCUT2D eigenvalue weighted by Gasteiger charge is -1.98. The molecule has 0 aliphatic carbocycles. The Labute approximate surface area is 87.6 Å². The molecule has 0 saturated carbocycles. The van der Waals surface area contributed by atoms with Crippen LogP contribution in [0.15, 0.2) is 34.7 Å². The first-order valence-electron chi connectivity index (χ1n) is 4.51. The van der Waals surface area contributed by atoms with Crippen LogP contribution in [-0.2, 0) is 10.1 Å². The maximum Gasteiger partial charge on any atom is 0.311 e. The van der Waals surface area contributed by atoms with Crippen molar-refractivity contribution < 1.29 is 17.0 Å². The van der Waals surface area contributed by atoms with Crippen LogP contribution in [0.3, 0.4) is 0 Å². The van der Waals surface area contributed by atoms with Gasteiger partial charge in [0.25, 0.3) is 0 Å². The fraction of sp³-hybridized carbons (Fsp3) is 0.200. The normalized spacial score (nSPS) is 11.8. The molecule has 1 aromatic carbocycles. The Morgan fingerprint density at radius 1 is 1.33 bits per heavy atom. The summed E-state index contributed by atoms with van der Waals surface area (Å²) in [4.78, 5) is 0. The second kappa shape index (κ2) is 3.58. The van der Waals surface area contributed by atoms with Gasteiger partial charge in [0.2, 0.25) is 0 Å². The second-order valence-corrected chi connectivity index (χ2v) is 4.89. The molecular weight excluding hydrogens is 216 g/mol. The Kier molecular flexibility index (Phi) is 2.40. The summed E-state index contributed by atoms with van der Waals surface area (Å²) < 4.78 is 32.3. The quantitative estimate of drug-likeness (QED) is 0.752. The van der Waals surface area contributed by atoms with Gasteiger partial charge in [-0.15, -0.1) is 0 Å². The van der Waals surface area contributed by atoms with Crippen molar-refractivity contribution in [1.82, 2.24) is 0 Å². The Hall–Kier alpha value is -1.49. The van der Waals surface area contributed by atoms with Gasteiger partial charge in [0.15, 0.2) is 0 Å². The summed E-state index contributed by atoms with van der Waals surface area (Å²) in [6.07, 6.45) is 0. The third-order valence-electron chi connectivity index (χ3n) is 1.97. The van der Waals surface area contributed by atoms with E-state index in [1.807, 2.05) is 18.2 Å². The molecule has 0 N–H and O–H groups in total. The third-order valence-corrected chi connectivity index (χ3v) is 3.09. The second-order valence-electron chi connectivity index (χ2n) is 3.03. The van der Waals surface area contributed by atoms with E-state index in [4.69, 9.17) is 8.60 Å². The molecule has 80 valence electrons. The molecule has 2 aromatic rings. The molecule has 4 nitrogen and oxygen atoms in total. The van der Waals surface area contributed by atoms with Gasteiger partial charge < -0.3 is 8.60 Å². The maximum atomic E-state index is 11.2. The highest BCUT2D eigenvalue weighted by Gasteiger charge is 2.12. The molecule has 0 fully saturated rings. The van der Waals surface area contributed by atoms with E-state index in [0.717, 1.165) is 5.39 Å². The summed E-state index contributed by atoms with van der Waals surface area (Å²) in [7, 11) is -3.51. The van der Waals surface area contributed by atoms with Gasteiger partial charge in [-0.05, 0) is 13.0 Å². The van der Waals surface area contributed by atoms with Crippen LogP contribution in [0.2, 0.25) is 0 Å². The SMILES string of the molecule is CCS(=O)(=O)Oc1cc2ccccc2o1. The molecule has 0 radical (unpaired) electrons. The molecule has 0 atom stereocenters. The zero-order chi connectivity index (χ0) is 10.9. The molecule has 1 heterocycles. The molecule has 15 heavy (non-hydrogen) atoms. The van der Waals surface area contributed by atoms with Crippen LogP contribution < -0.4 is 4.18 Å². The van der Waals surface area contributed by atoms with Crippen LogP contribution in [0.25, 0.3) is 11.0 Å². The Balaban J connectivity index is 2.38.